The lowest BCUT2D eigenvalue weighted by atomic mass is 10.2. The summed E-state index contributed by atoms with van der Waals surface area (Å²) in [6.45, 7) is 2.13. The Kier molecular flexibility index (Phi) is 3.56. The molecule has 3 rings (SSSR count). The van der Waals surface area contributed by atoms with Crippen LogP contribution in [0.1, 0.15) is 31.7 Å². The fourth-order valence-electron chi connectivity index (χ4n) is 2.45. The molecule has 2 aromatic rings. The zero-order valence-corrected chi connectivity index (χ0v) is 12.3. The number of rotatable bonds is 4. The summed E-state index contributed by atoms with van der Waals surface area (Å²) in [5.41, 5.74) is 2.25. The lowest BCUT2D eigenvalue weighted by Crippen LogP contribution is -2.27. The molecule has 0 radical (unpaired) electrons. The molecule has 0 atom stereocenters. The molecule has 21 heavy (non-hydrogen) atoms. The van der Waals surface area contributed by atoms with Gasteiger partial charge in [-0.1, -0.05) is 13.3 Å². The molecule has 0 saturated carbocycles. The van der Waals surface area contributed by atoms with Gasteiger partial charge in [-0.2, -0.15) is 0 Å². The Morgan fingerprint density at radius 3 is 3.10 bits per heavy atom. The maximum Gasteiger partial charge on any atom is 0.277 e. The number of aliphatic imine (C=N–C) groups is 1. The Hall–Kier alpha value is -2.43. The lowest BCUT2D eigenvalue weighted by molar-refractivity contribution is -0.121. The van der Waals surface area contributed by atoms with Crippen LogP contribution in [-0.2, 0) is 4.79 Å². The van der Waals surface area contributed by atoms with Crippen LogP contribution in [0.15, 0.2) is 35.2 Å². The van der Waals surface area contributed by atoms with Gasteiger partial charge in [0.15, 0.2) is 0 Å². The molecule has 108 valence electrons. The molecule has 5 heteroatoms. The van der Waals surface area contributed by atoms with Crippen molar-refractivity contribution >= 4 is 28.9 Å². The maximum atomic E-state index is 12.3. The van der Waals surface area contributed by atoms with Gasteiger partial charge < -0.3 is 4.98 Å². The summed E-state index contributed by atoms with van der Waals surface area (Å²) in [4.78, 5) is 25.7. The number of likely N-dealkylation sites (N-methyl/N-ethyl adjacent to an activating group) is 1. The zero-order chi connectivity index (χ0) is 14.8. The topological polar surface area (TPSA) is 61.4 Å². The fraction of sp³-hybridized carbons (Fsp3) is 0.312. The van der Waals surface area contributed by atoms with Crippen molar-refractivity contribution in [3.63, 3.8) is 0 Å². The van der Waals surface area contributed by atoms with Crippen molar-refractivity contribution in [3.05, 3.63) is 35.8 Å². The Morgan fingerprint density at radius 2 is 2.29 bits per heavy atom. The number of unbranched alkanes of at least 4 members (excludes halogenated alkanes) is 1. The number of nitrogens with one attached hydrogen (secondary N) is 1. The van der Waals surface area contributed by atoms with Gasteiger partial charge in [0, 0.05) is 36.8 Å². The molecule has 0 aliphatic carbocycles. The minimum atomic E-state index is -0.0423. The highest BCUT2D eigenvalue weighted by Gasteiger charge is 2.26. The fourth-order valence-corrected chi connectivity index (χ4v) is 2.45. The van der Waals surface area contributed by atoms with Crippen molar-refractivity contribution < 1.29 is 4.79 Å². The van der Waals surface area contributed by atoms with Crippen molar-refractivity contribution in [2.45, 2.75) is 26.2 Å². The van der Waals surface area contributed by atoms with E-state index in [-0.39, 0.29) is 5.91 Å². The normalized spacial score (nSPS) is 17.0. The largest absolute Gasteiger partial charge is 0.346 e. The first kappa shape index (κ1) is 13.5. The van der Waals surface area contributed by atoms with Crippen molar-refractivity contribution in [2.24, 2.45) is 4.99 Å². The van der Waals surface area contributed by atoms with Crippen molar-refractivity contribution in [3.8, 4) is 0 Å². The monoisotopic (exact) mass is 282 g/mol. The van der Waals surface area contributed by atoms with Crippen LogP contribution < -0.4 is 0 Å². The standard InChI is InChI=1S/C16H18N4O/c1-3-4-7-14-19-13(16(21)20(14)2)9-11-10-18-15-12(11)6-5-8-17-15/h5-6,8-10H,3-4,7H2,1-2H3,(H,17,18)/b13-9-. The van der Waals surface area contributed by atoms with Crippen LogP contribution in [0.25, 0.3) is 17.1 Å². The number of nitrogens with zero attached hydrogens (tertiary/aromatic N) is 3. The second-order valence-corrected chi connectivity index (χ2v) is 5.17. The summed E-state index contributed by atoms with van der Waals surface area (Å²) in [6.07, 6.45) is 8.40. The number of hydrogen-bond acceptors (Lipinski definition) is 3. The van der Waals surface area contributed by atoms with Crippen LogP contribution >= 0.6 is 0 Å². The number of carbonyl (C=O) groups excluding carboxylic acids is 1. The lowest BCUT2D eigenvalue weighted by Gasteiger charge is -2.10. The summed E-state index contributed by atoms with van der Waals surface area (Å²) in [7, 11) is 1.79. The summed E-state index contributed by atoms with van der Waals surface area (Å²) in [6, 6.07) is 3.87. The second kappa shape index (κ2) is 5.52. The summed E-state index contributed by atoms with van der Waals surface area (Å²) in [5, 5.41) is 0.998. The highest BCUT2D eigenvalue weighted by Crippen LogP contribution is 2.23. The Bertz CT molecular complexity index is 742. The number of amidine groups is 1. The average Bonchev–Trinajstić information content (AvgIpc) is 3.02. The molecule has 2 aromatic heterocycles. The molecular formula is C16H18N4O. The van der Waals surface area contributed by atoms with E-state index in [0.29, 0.717) is 5.70 Å². The smallest absolute Gasteiger partial charge is 0.277 e. The third kappa shape index (κ3) is 2.46. The molecule has 5 nitrogen and oxygen atoms in total. The Labute approximate surface area is 123 Å². The summed E-state index contributed by atoms with van der Waals surface area (Å²) >= 11 is 0. The third-order valence-electron chi connectivity index (χ3n) is 3.69. The molecule has 1 N–H and O–H groups in total. The van der Waals surface area contributed by atoms with Gasteiger partial charge in [0.05, 0.1) is 0 Å². The number of pyridine rings is 1. The van der Waals surface area contributed by atoms with Crippen LogP contribution in [0, 0.1) is 0 Å². The number of amides is 1. The number of H-pyrrole nitrogens is 1. The quantitative estimate of drug-likeness (QED) is 0.876. The van der Waals surface area contributed by atoms with E-state index < -0.39 is 0 Å². The van der Waals surface area contributed by atoms with Crippen molar-refractivity contribution in [2.75, 3.05) is 7.05 Å². The van der Waals surface area contributed by atoms with Crippen molar-refractivity contribution in [1.29, 1.82) is 0 Å². The van der Waals surface area contributed by atoms with Gasteiger partial charge in [-0.25, -0.2) is 9.98 Å². The molecular weight excluding hydrogens is 264 g/mol. The minimum Gasteiger partial charge on any atom is -0.346 e. The van der Waals surface area contributed by atoms with Gasteiger partial charge in [-0.3, -0.25) is 9.69 Å². The number of carbonyl (C=O) groups is 1. The van der Waals surface area contributed by atoms with E-state index in [1.807, 2.05) is 24.4 Å². The van der Waals surface area contributed by atoms with E-state index in [9.17, 15) is 4.79 Å². The average molecular weight is 282 g/mol. The van der Waals surface area contributed by atoms with E-state index >= 15 is 0 Å². The second-order valence-electron chi connectivity index (χ2n) is 5.17. The molecule has 1 aliphatic heterocycles. The molecule has 0 unspecified atom stereocenters. The number of hydrogen-bond donors (Lipinski definition) is 1. The van der Waals surface area contributed by atoms with Crippen LogP contribution in [-0.4, -0.2) is 33.7 Å². The van der Waals surface area contributed by atoms with E-state index in [2.05, 4.69) is 21.9 Å². The number of aromatic amines is 1. The van der Waals surface area contributed by atoms with Crippen LogP contribution in [0.2, 0.25) is 0 Å². The predicted molar refractivity (Wildman–Crippen MR) is 83.8 cm³/mol. The molecule has 0 bridgehead atoms. The van der Waals surface area contributed by atoms with Gasteiger partial charge in [-0.05, 0) is 24.6 Å². The molecule has 1 aliphatic rings. The van der Waals surface area contributed by atoms with Crippen LogP contribution in [0.4, 0.5) is 0 Å². The van der Waals surface area contributed by atoms with Crippen LogP contribution in [0.3, 0.4) is 0 Å². The third-order valence-corrected chi connectivity index (χ3v) is 3.69. The van der Waals surface area contributed by atoms with E-state index in [4.69, 9.17) is 0 Å². The molecule has 1 amide bonds. The van der Waals surface area contributed by atoms with Gasteiger partial charge >= 0.3 is 0 Å². The van der Waals surface area contributed by atoms with E-state index in [1.54, 1.807) is 18.1 Å². The van der Waals surface area contributed by atoms with Crippen LogP contribution in [0.5, 0.6) is 0 Å². The minimum absolute atomic E-state index is 0.0423. The van der Waals surface area contributed by atoms with Gasteiger partial charge in [-0.15, -0.1) is 0 Å². The number of fused-ring (bicyclic) bond motifs is 1. The van der Waals surface area contributed by atoms with E-state index in [0.717, 1.165) is 41.7 Å². The Balaban J connectivity index is 1.95. The highest BCUT2D eigenvalue weighted by atomic mass is 16.2. The first-order valence-corrected chi connectivity index (χ1v) is 7.20. The van der Waals surface area contributed by atoms with E-state index in [1.165, 1.54) is 0 Å². The zero-order valence-electron chi connectivity index (χ0n) is 12.3. The SMILES string of the molecule is CCCCC1=N/C(=C\c2c[nH]c3ncccc23)C(=O)N1C. The molecule has 0 aromatic carbocycles. The molecule has 0 fully saturated rings. The first-order chi connectivity index (χ1) is 10.2. The Morgan fingerprint density at radius 1 is 1.43 bits per heavy atom. The highest BCUT2D eigenvalue weighted by molar-refractivity contribution is 6.14. The number of aromatic nitrogens is 2. The molecule has 0 saturated heterocycles. The van der Waals surface area contributed by atoms with Gasteiger partial charge in [0.1, 0.15) is 17.2 Å². The molecule has 0 spiro atoms. The maximum absolute atomic E-state index is 12.3. The molecule has 3 heterocycles. The summed E-state index contributed by atoms with van der Waals surface area (Å²) in [5.74, 6) is 0.811. The first-order valence-electron chi connectivity index (χ1n) is 7.20. The van der Waals surface area contributed by atoms with Crippen molar-refractivity contribution in [1.82, 2.24) is 14.9 Å². The van der Waals surface area contributed by atoms with Gasteiger partial charge in [0.2, 0.25) is 0 Å². The van der Waals surface area contributed by atoms with Gasteiger partial charge in [0.25, 0.3) is 5.91 Å². The predicted octanol–water partition coefficient (Wildman–Crippen LogP) is 2.96. The summed E-state index contributed by atoms with van der Waals surface area (Å²) < 4.78 is 0.